The van der Waals surface area contributed by atoms with E-state index in [1.807, 2.05) is 0 Å². The molecule has 0 spiro atoms. The van der Waals surface area contributed by atoms with Crippen LogP contribution in [-0.2, 0) is 14.8 Å². The van der Waals surface area contributed by atoms with Crippen LogP contribution in [0.4, 0.5) is 0 Å². The normalized spacial score (nSPS) is 16.5. The Labute approximate surface area is 170 Å². The smallest absolute Gasteiger partial charge is 0.267 e. The van der Waals surface area contributed by atoms with Gasteiger partial charge >= 0.3 is 0 Å². The summed E-state index contributed by atoms with van der Waals surface area (Å²) in [5, 5.41) is 1.58. The molecule has 0 radical (unpaired) electrons. The van der Waals surface area contributed by atoms with Crippen LogP contribution in [0.5, 0.6) is 0 Å². The Bertz CT molecular complexity index is 1020. The topological polar surface area (TPSA) is 66.5 Å². The second kappa shape index (κ2) is 7.67. The summed E-state index contributed by atoms with van der Waals surface area (Å²) in [6, 6.07) is 12.6. The zero-order valence-electron chi connectivity index (χ0n) is 12.8. The number of carbonyl (C=O) groups is 1. The molecule has 1 aliphatic heterocycles. The molecule has 1 aliphatic rings. The number of halogens is 2. The number of thiocarbonyl (C=S) groups is 1. The molecular weight excluding hydrogens is 435 g/mol. The van der Waals surface area contributed by atoms with Crippen LogP contribution in [0.15, 0.2) is 58.3 Å². The highest BCUT2D eigenvalue weighted by molar-refractivity contribution is 8.26. The van der Waals surface area contributed by atoms with Crippen molar-refractivity contribution < 1.29 is 13.2 Å². The van der Waals surface area contributed by atoms with Crippen molar-refractivity contribution in [3.05, 3.63) is 69.0 Å². The number of sulfonamides is 1. The van der Waals surface area contributed by atoms with Gasteiger partial charge in [-0.2, -0.15) is 0 Å². The average Bonchev–Trinajstić information content (AvgIpc) is 2.86. The first-order valence-corrected chi connectivity index (χ1v) is 10.5. The number of thioether (sulfide) groups is 1. The van der Waals surface area contributed by atoms with Gasteiger partial charge in [-0.25, -0.2) is 13.4 Å². The number of rotatable bonds is 4. The Hall–Kier alpha value is -1.42. The third-order valence-electron chi connectivity index (χ3n) is 3.30. The van der Waals surface area contributed by atoms with E-state index in [9.17, 15) is 13.2 Å². The van der Waals surface area contributed by atoms with E-state index < -0.39 is 15.9 Å². The van der Waals surface area contributed by atoms with Crippen LogP contribution in [-0.4, -0.2) is 23.7 Å². The van der Waals surface area contributed by atoms with Crippen molar-refractivity contribution in [2.75, 3.05) is 0 Å². The molecule has 1 fully saturated rings. The van der Waals surface area contributed by atoms with Gasteiger partial charge in [0.05, 0.1) is 19.8 Å². The maximum Gasteiger partial charge on any atom is 0.281 e. The molecule has 0 bridgehead atoms. The fourth-order valence-corrected chi connectivity index (χ4v) is 4.71. The van der Waals surface area contributed by atoms with Crippen molar-refractivity contribution in [2.24, 2.45) is 0 Å². The molecule has 5 nitrogen and oxygen atoms in total. The largest absolute Gasteiger partial charge is 0.281 e. The Morgan fingerprint density at radius 1 is 1.08 bits per heavy atom. The van der Waals surface area contributed by atoms with Crippen LogP contribution < -0.4 is 4.83 Å². The molecular formula is C16H10Cl2N2O3S3. The molecule has 1 N–H and O–H groups in total. The van der Waals surface area contributed by atoms with Crippen molar-refractivity contribution in [3.8, 4) is 0 Å². The molecule has 134 valence electrons. The maximum absolute atomic E-state index is 12.5. The minimum atomic E-state index is -3.93. The molecule has 3 rings (SSSR count). The average molecular weight is 445 g/mol. The Kier molecular flexibility index (Phi) is 5.71. The van der Waals surface area contributed by atoms with Crippen molar-refractivity contribution in [1.82, 2.24) is 9.84 Å². The third-order valence-corrected chi connectivity index (χ3v) is 6.66. The molecule has 1 saturated heterocycles. The van der Waals surface area contributed by atoms with Crippen LogP contribution in [0, 0.1) is 0 Å². The van der Waals surface area contributed by atoms with Gasteiger partial charge in [-0.1, -0.05) is 71.4 Å². The first-order chi connectivity index (χ1) is 12.3. The zero-order chi connectivity index (χ0) is 18.9. The SMILES string of the molecule is O=C1/C(=C/c2ccc(Cl)c(Cl)c2)SC(=S)N1NS(=O)(=O)c1ccccc1. The maximum atomic E-state index is 12.5. The van der Waals surface area contributed by atoms with Crippen LogP contribution in [0.2, 0.25) is 10.0 Å². The van der Waals surface area contributed by atoms with Gasteiger partial charge in [0.2, 0.25) is 0 Å². The fraction of sp³-hybridized carbons (Fsp3) is 0. The predicted octanol–water partition coefficient (Wildman–Crippen LogP) is 4.09. The molecule has 1 amide bonds. The van der Waals surface area contributed by atoms with E-state index in [-0.39, 0.29) is 14.1 Å². The number of carbonyl (C=O) groups excluding carboxylic acids is 1. The summed E-state index contributed by atoms with van der Waals surface area (Å²) in [5.41, 5.74) is 0.644. The molecule has 0 atom stereocenters. The van der Waals surface area contributed by atoms with Gasteiger partial charge in [0.25, 0.3) is 15.9 Å². The first-order valence-electron chi connectivity index (χ1n) is 7.08. The minimum absolute atomic E-state index is 0.0301. The summed E-state index contributed by atoms with van der Waals surface area (Å²) in [5.74, 6) is -0.564. The van der Waals surface area contributed by atoms with Gasteiger partial charge in [0, 0.05) is 0 Å². The third kappa shape index (κ3) is 4.11. The molecule has 10 heteroatoms. The number of hydrogen-bond donors (Lipinski definition) is 1. The van der Waals surface area contributed by atoms with Gasteiger partial charge in [-0.05, 0) is 35.9 Å². The molecule has 2 aromatic rings. The number of nitrogens with one attached hydrogen (secondary N) is 1. The van der Waals surface area contributed by atoms with E-state index >= 15 is 0 Å². The predicted molar refractivity (Wildman–Crippen MR) is 108 cm³/mol. The number of hydrazine groups is 1. The lowest BCUT2D eigenvalue weighted by Gasteiger charge is -2.15. The monoisotopic (exact) mass is 444 g/mol. The molecule has 2 aromatic carbocycles. The summed E-state index contributed by atoms with van der Waals surface area (Å²) >= 11 is 18.0. The highest BCUT2D eigenvalue weighted by atomic mass is 35.5. The van der Waals surface area contributed by atoms with Crippen LogP contribution in [0.25, 0.3) is 6.08 Å². The number of amides is 1. The Morgan fingerprint density at radius 2 is 1.77 bits per heavy atom. The quantitative estimate of drug-likeness (QED) is 0.568. The van der Waals surface area contributed by atoms with E-state index in [4.69, 9.17) is 35.4 Å². The summed E-state index contributed by atoms with van der Waals surface area (Å²) < 4.78 is 24.9. The van der Waals surface area contributed by atoms with E-state index in [2.05, 4.69) is 4.83 Å². The highest BCUT2D eigenvalue weighted by Crippen LogP contribution is 2.33. The van der Waals surface area contributed by atoms with Gasteiger partial charge in [0.15, 0.2) is 4.32 Å². The Morgan fingerprint density at radius 3 is 2.42 bits per heavy atom. The highest BCUT2D eigenvalue weighted by Gasteiger charge is 2.35. The number of benzene rings is 2. The second-order valence-electron chi connectivity index (χ2n) is 5.10. The summed E-state index contributed by atoms with van der Waals surface area (Å²) in [7, 11) is -3.93. The van der Waals surface area contributed by atoms with Crippen LogP contribution in [0.1, 0.15) is 5.56 Å². The van der Waals surface area contributed by atoms with Crippen molar-refractivity contribution in [2.45, 2.75) is 4.90 Å². The summed E-state index contributed by atoms with van der Waals surface area (Å²) in [6.45, 7) is 0. The van der Waals surface area contributed by atoms with Crippen molar-refractivity contribution in [1.29, 1.82) is 0 Å². The molecule has 0 saturated carbocycles. The standard InChI is InChI=1S/C16H10Cl2N2O3S3/c17-12-7-6-10(8-13(12)18)9-14-15(21)20(16(24)25-14)19-26(22,23)11-4-2-1-3-5-11/h1-9,19H/b14-9-. The molecule has 26 heavy (non-hydrogen) atoms. The van der Waals surface area contributed by atoms with Gasteiger partial charge in [-0.3, -0.25) is 4.79 Å². The minimum Gasteiger partial charge on any atom is -0.267 e. The number of hydrogen-bond acceptors (Lipinski definition) is 5. The van der Waals surface area contributed by atoms with E-state index in [0.29, 0.717) is 15.6 Å². The van der Waals surface area contributed by atoms with Crippen LogP contribution in [0.3, 0.4) is 0 Å². The first kappa shape index (κ1) is 19.3. The lowest BCUT2D eigenvalue weighted by atomic mass is 10.2. The lowest BCUT2D eigenvalue weighted by Crippen LogP contribution is -2.44. The van der Waals surface area contributed by atoms with Gasteiger partial charge < -0.3 is 0 Å². The van der Waals surface area contributed by atoms with E-state index in [0.717, 1.165) is 16.8 Å². The van der Waals surface area contributed by atoms with Gasteiger partial charge in [-0.15, -0.1) is 4.83 Å². The fourth-order valence-electron chi connectivity index (χ4n) is 2.07. The summed E-state index contributed by atoms with van der Waals surface area (Å²) in [6.07, 6.45) is 1.57. The van der Waals surface area contributed by atoms with Gasteiger partial charge in [0.1, 0.15) is 0 Å². The molecule has 0 aromatic heterocycles. The molecule has 0 aliphatic carbocycles. The molecule has 1 heterocycles. The van der Waals surface area contributed by atoms with Crippen molar-refractivity contribution >= 4 is 73.5 Å². The zero-order valence-corrected chi connectivity index (χ0v) is 16.8. The number of nitrogens with zero attached hydrogens (tertiary/aromatic N) is 1. The van der Waals surface area contributed by atoms with Crippen LogP contribution >= 0.6 is 47.2 Å². The molecule has 0 unspecified atom stereocenters. The lowest BCUT2D eigenvalue weighted by molar-refractivity contribution is -0.123. The van der Waals surface area contributed by atoms with Crippen molar-refractivity contribution in [3.63, 3.8) is 0 Å². The second-order valence-corrected chi connectivity index (χ2v) is 9.25. The van der Waals surface area contributed by atoms with E-state index in [1.165, 1.54) is 12.1 Å². The Balaban J connectivity index is 1.85. The summed E-state index contributed by atoms with van der Waals surface area (Å²) in [4.78, 5) is 15.1. The van der Waals surface area contributed by atoms with E-state index in [1.54, 1.807) is 42.5 Å².